The van der Waals surface area contributed by atoms with Crippen LogP contribution in [-0.4, -0.2) is 27.3 Å². The van der Waals surface area contributed by atoms with Crippen LogP contribution in [0.15, 0.2) is 34.2 Å². The van der Waals surface area contributed by atoms with E-state index < -0.39 is 0 Å². The number of benzene rings is 1. The van der Waals surface area contributed by atoms with Gasteiger partial charge < -0.3 is 4.90 Å². The molecule has 0 fully saturated rings. The number of fused-ring (bicyclic) bond motifs is 4. The van der Waals surface area contributed by atoms with E-state index in [2.05, 4.69) is 6.07 Å². The van der Waals surface area contributed by atoms with Crippen molar-refractivity contribution in [1.29, 1.82) is 0 Å². The Hall–Kier alpha value is -2.12. The molecule has 3 aromatic rings. The van der Waals surface area contributed by atoms with Crippen molar-refractivity contribution in [2.75, 3.05) is 11.4 Å². The highest BCUT2D eigenvalue weighted by atomic mass is 32.2. The molecule has 1 aliphatic heterocycles. The maximum Gasteiger partial charge on any atom is 0.262 e. The second-order valence-corrected chi connectivity index (χ2v) is 9.82. The van der Waals surface area contributed by atoms with E-state index in [9.17, 15) is 9.59 Å². The van der Waals surface area contributed by atoms with Gasteiger partial charge in [-0.05, 0) is 49.8 Å². The molecule has 2 aliphatic rings. The number of rotatable bonds is 3. The predicted molar refractivity (Wildman–Crippen MR) is 115 cm³/mol. The molecular weight excluding hydrogens is 390 g/mol. The lowest BCUT2D eigenvalue weighted by Gasteiger charge is -2.21. The summed E-state index contributed by atoms with van der Waals surface area (Å²) in [6.07, 6.45) is 4.04. The van der Waals surface area contributed by atoms with Crippen molar-refractivity contribution >= 4 is 44.9 Å². The summed E-state index contributed by atoms with van der Waals surface area (Å²) < 4.78 is 1.61. The van der Waals surface area contributed by atoms with Gasteiger partial charge in [-0.2, -0.15) is 0 Å². The van der Waals surface area contributed by atoms with Gasteiger partial charge in [0.05, 0.1) is 10.6 Å². The standard InChI is InChI=1S/C21H21N3O2S2/c1-12(19(25)24-11-10-13-6-3-4-8-15(13)24)27-21-22-18-17(20(26)23(21)2)14-7-5-9-16(14)28-18/h3-4,6,8,12H,5,7,9-11H2,1-2H3/t12-/m0/s1. The van der Waals surface area contributed by atoms with Gasteiger partial charge in [-0.25, -0.2) is 4.98 Å². The summed E-state index contributed by atoms with van der Waals surface area (Å²) in [6.45, 7) is 2.62. The minimum atomic E-state index is -0.312. The van der Waals surface area contributed by atoms with Gasteiger partial charge in [-0.1, -0.05) is 30.0 Å². The molecule has 1 atom stereocenters. The minimum Gasteiger partial charge on any atom is -0.311 e. The molecule has 28 heavy (non-hydrogen) atoms. The zero-order valence-corrected chi connectivity index (χ0v) is 17.5. The number of aromatic nitrogens is 2. The van der Waals surface area contributed by atoms with Crippen molar-refractivity contribution in [1.82, 2.24) is 9.55 Å². The van der Waals surface area contributed by atoms with Gasteiger partial charge in [0.15, 0.2) is 5.16 Å². The third-order valence-corrected chi connectivity index (χ3v) is 8.01. The maximum absolute atomic E-state index is 13.1. The van der Waals surface area contributed by atoms with Crippen molar-refractivity contribution in [3.63, 3.8) is 0 Å². The lowest BCUT2D eigenvalue weighted by atomic mass is 10.2. The molecule has 5 rings (SSSR count). The predicted octanol–water partition coefficient (Wildman–Crippen LogP) is 3.55. The Bertz CT molecular complexity index is 1160. The van der Waals surface area contributed by atoms with E-state index in [0.717, 1.165) is 41.6 Å². The van der Waals surface area contributed by atoms with Crippen LogP contribution in [0.25, 0.3) is 10.2 Å². The minimum absolute atomic E-state index is 0.0121. The Kier molecular flexibility index (Phi) is 4.32. The van der Waals surface area contributed by atoms with Crippen molar-refractivity contribution in [3.05, 3.63) is 50.6 Å². The highest BCUT2D eigenvalue weighted by molar-refractivity contribution is 8.00. The molecule has 3 heterocycles. The lowest BCUT2D eigenvalue weighted by molar-refractivity contribution is -0.117. The summed E-state index contributed by atoms with van der Waals surface area (Å²) in [5.74, 6) is 0.0676. The fraction of sp³-hybridized carbons (Fsp3) is 0.381. The number of nitrogens with zero attached hydrogens (tertiary/aromatic N) is 3. The summed E-state index contributed by atoms with van der Waals surface area (Å²) in [5, 5.41) is 1.09. The van der Waals surface area contributed by atoms with Gasteiger partial charge >= 0.3 is 0 Å². The molecule has 5 nitrogen and oxygen atoms in total. The summed E-state index contributed by atoms with van der Waals surface area (Å²) >= 11 is 3.02. The molecule has 144 valence electrons. The normalized spacial score (nSPS) is 16.4. The van der Waals surface area contributed by atoms with Crippen LogP contribution in [-0.2, 0) is 31.1 Å². The van der Waals surface area contributed by atoms with Crippen LogP contribution in [0.4, 0.5) is 5.69 Å². The van der Waals surface area contributed by atoms with Gasteiger partial charge in [-0.3, -0.25) is 14.2 Å². The fourth-order valence-electron chi connectivity index (χ4n) is 4.21. The summed E-state index contributed by atoms with van der Waals surface area (Å²) in [7, 11) is 1.76. The molecule has 1 aliphatic carbocycles. The SMILES string of the molecule is C[C@H](Sc1nc2sc3c(c2c(=O)n1C)CCC3)C(=O)N1CCc2ccccc21. The van der Waals surface area contributed by atoms with Gasteiger partial charge in [0.2, 0.25) is 5.91 Å². The number of hydrogen-bond acceptors (Lipinski definition) is 5. The van der Waals surface area contributed by atoms with E-state index in [1.165, 1.54) is 27.8 Å². The molecule has 0 spiro atoms. The number of thioether (sulfide) groups is 1. The van der Waals surface area contributed by atoms with E-state index in [1.807, 2.05) is 30.0 Å². The van der Waals surface area contributed by atoms with Crippen LogP contribution < -0.4 is 10.5 Å². The number of para-hydroxylation sites is 1. The Labute approximate surface area is 171 Å². The second kappa shape index (κ2) is 6.74. The van der Waals surface area contributed by atoms with Crippen molar-refractivity contribution in [2.24, 2.45) is 7.05 Å². The first-order chi connectivity index (χ1) is 13.5. The molecule has 0 saturated carbocycles. The van der Waals surface area contributed by atoms with Crippen LogP contribution in [0.2, 0.25) is 0 Å². The Morgan fingerprint density at radius 3 is 2.93 bits per heavy atom. The molecule has 0 N–H and O–H groups in total. The molecule has 0 saturated heterocycles. The zero-order valence-electron chi connectivity index (χ0n) is 15.9. The molecule has 1 amide bonds. The van der Waals surface area contributed by atoms with Gasteiger partial charge in [0, 0.05) is 24.2 Å². The van der Waals surface area contributed by atoms with Crippen LogP contribution in [0.5, 0.6) is 0 Å². The number of hydrogen-bond donors (Lipinski definition) is 0. The smallest absolute Gasteiger partial charge is 0.262 e. The number of amides is 1. The first-order valence-electron chi connectivity index (χ1n) is 9.62. The van der Waals surface area contributed by atoms with E-state index in [-0.39, 0.29) is 16.7 Å². The summed E-state index contributed by atoms with van der Waals surface area (Å²) in [4.78, 5) is 34.8. The molecule has 7 heteroatoms. The summed E-state index contributed by atoms with van der Waals surface area (Å²) in [5.41, 5.74) is 3.43. The Balaban J connectivity index is 1.45. The van der Waals surface area contributed by atoms with Gasteiger partial charge in [-0.15, -0.1) is 11.3 Å². The molecular formula is C21H21N3O2S2. The molecule has 0 radical (unpaired) electrons. The van der Waals surface area contributed by atoms with E-state index in [4.69, 9.17) is 4.98 Å². The van der Waals surface area contributed by atoms with Crippen LogP contribution in [0.3, 0.4) is 0 Å². The van der Waals surface area contributed by atoms with Crippen molar-refractivity contribution < 1.29 is 4.79 Å². The van der Waals surface area contributed by atoms with Crippen LogP contribution in [0, 0.1) is 0 Å². The average molecular weight is 412 g/mol. The first-order valence-corrected chi connectivity index (χ1v) is 11.3. The van der Waals surface area contributed by atoms with Crippen molar-refractivity contribution in [3.8, 4) is 0 Å². The van der Waals surface area contributed by atoms with Crippen LogP contribution in [0.1, 0.15) is 29.3 Å². The third-order valence-electron chi connectivity index (χ3n) is 5.69. The topological polar surface area (TPSA) is 55.2 Å². The monoisotopic (exact) mass is 411 g/mol. The zero-order chi connectivity index (χ0) is 19.4. The average Bonchev–Trinajstić information content (AvgIpc) is 3.39. The number of aryl methyl sites for hydroxylation is 2. The Morgan fingerprint density at radius 2 is 2.07 bits per heavy atom. The van der Waals surface area contributed by atoms with Gasteiger partial charge in [0.25, 0.3) is 5.56 Å². The number of anilines is 1. The van der Waals surface area contributed by atoms with E-state index in [0.29, 0.717) is 11.7 Å². The van der Waals surface area contributed by atoms with E-state index >= 15 is 0 Å². The highest BCUT2D eigenvalue weighted by Gasteiger charge is 2.30. The molecule has 1 aromatic carbocycles. The number of carbonyl (C=O) groups excluding carboxylic acids is 1. The van der Waals surface area contributed by atoms with Crippen molar-refractivity contribution in [2.45, 2.75) is 43.0 Å². The number of thiophene rings is 1. The molecule has 0 bridgehead atoms. The lowest BCUT2D eigenvalue weighted by Crippen LogP contribution is -2.35. The molecule has 0 unspecified atom stereocenters. The quantitative estimate of drug-likeness (QED) is 0.489. The summed E-state index contributed by atoms with van der Waals surface area (Å²) in [6, 6.07) is 8.07. The van der Waals surface area contributed by atoms with Crippen LogP contribution >= 0.6 is 23.1 Å². The van der Waals surface area contributed by atoms with Gasteiger partial charge in [0.1, 0.15) is 4.83 Å². The van der Waals surface area contributed by atoms with E-state index in [1.54, 1.807) is 23.0 Å². The molecule has 2 aromatic heterocycles. The first kappa shape index (κ1) is 17.9. The highest BCUT2D eigenvalue weighted by Crippen LogP contribution is 2.36. The third kappa shape index (κ3) is 2.71. The second-order valence-electron chi connectivity index (χ2n) is 7.42. The largest absolute Gasteiger partial charge is 0.311 e. The number of carbonyl (C=O) groups is 1. The maximum atomic E-state index is 13.1. The Morgan fingerprint density at radius 1 is 1.25 bits per heavy atom. The fourth-order valence-corrected chi connectivity index (χ4v) is 6.45.